The van der Waals surface area contributed by atoms with Gasteiger partial charge in [0, 0.05) is 0 Å². The molecular formula is C18H27NaO4. The topological polar surface area (TPSA) is 58.6 Å². The van der Waals surface area contributed by atoms with Crippen LogP contribution in [-0.4, -0.2) is 25.8 Å². The number of hydrogen-bond acceptors (Lipinski definition) is 4. The Bertz CT molecular complexity index is 418. The SMILES string of the molecule is CC(C)CCCCCc1ccc(OCCOCC(=O)[O-])cc1.[Na+]. The molecule has 0 spiro atoms. The van der Waals surface area contributed by atoms with Gasteiger partial charge in [-0.2, -0.15) is 0 Å². The zero-order valence-corrected chi connectivity index (χ0v) is 16.7. The van der Waals surface area contributed by atoms with E-state index in [-0.39, 0.29) is 42.8 Å². The average Bonchev–Trinajstić information content (AvgIpc) is 2.47. The molecule has 5 heteroatoms. The Morgan fingerprint density at radius 1 is 1.09 bits per heavy atom. The van der Waals surface area contributed by atoms with Crippen LogP contribution >= 0.6 is 0 Å². The normalized spacial score (nSPS) is 10.4. The minimum absolute atomic E-state index is 0. The van der Waals surface area contributed by atoms with Crippen LogP contribution in [0.2, 0.25) is 0 Å². The zero-order chi connectivity index (χ0) is 16.2. The van der Waals surface area contributed by atoms with Gasteiger partial charge in [-0.25, -0.2) is 0 Å². The van der Waals surface area contributed by atoms with E-state index in [0.29, 0.717) is 6.61 Å². The van der Waals surface area contributed by atoms with E-state index in [9.17, 15) is 9.90 Å². The maximum atomic E-state index is 10.2. The number of rotatable bonds is 12. The van der Waals surface area contributed by atoms with Gasteiger partial charge in [0.05, 0.1) is 19.2 Å². The van der Waals surface area contributed by atoms with Crippen LogP contribution in [0.25, 0.3) is 0 Å². The van der Waals surface area contributed by atoms with Gasteiger partial charge in [0.15, 0.2) is 0 Å². The molecule has 0 N–H and O–H groups in total. The van der Waals surface area contributed by atoms with Crippen molar-refractivity contribution in [2.75, 3.05) is 19.8 Å². The molecule has 0 fully saturated rings. The monoisotopic (exact) mass is 330 g/mol. The molecular weight excluding hydrogens is 303 g/mol. The summed E-state index contributed by atoms with van der Waals surface area (Å²) in [4.78, 5) is 10.2. The van der Waals surface area contributed by atoms with E-state index < -0.39 is 5.97 Å². The van der Waals surface area contributed by atoms with Crippen molar-refractivity contribution in [3.05, 3.63) is 29.8 Å². The van der Waals surface area contributed by atoms with E-state index in [0.717, 1.165) is 18.1 Å². The third-order valence-electron chi connectivity index (χ3n) is 3.39. The maximum absolute atomic E-state index is 10.2. The van der Waals surface area contributed by atoms with E-state index in [1.54, 1.807) is 0 Å². The minimum atomic E-state index is -1.21. The molecule has 0 amide bonds. The Morgan fingerprint density at radius 2 is 1.78 bits per heavy atom. The van der Waals surface area contributed by atoms with Gasteiger partial charge in [0.2, 0.25) is 0 Å². The summed E-state index contributed by atoms with van der Waals surface area (Å²) in [6, 6.07) is 8.06. The fourth-order valence-corrected chi connectivity index (χ4v) is 2.18. The van der Waals surface area contributed by atoms with E-state index in [1.807, 2.05) is 12.1 Å². The van der Waals surface area contributed by atoms with E-state index in [1.165, 1.54) is 31.2 Å². The predicted octanol–water partition coefficient (Wildman–Crippen LogP) is -0.405. The maximum Gasteiger partial charge on any atom is 1.00 e. The van der Waals surface area contributed by atoms with Crippen LogP contribution in [0.5, 0.6) is 5.75 Å². The number of ether oxygens (including phenoxy) is 2. The van der Waals surface area contributed by atoms with Crippen molar-refractivity contribution < 1.29 is 48.9 Å². The first-order chi connectivity index (χ1) is 10.6. The van der Waals surface area contributed by atoms with Crippen LogP contribution < -0.4 is 39.4 Å². The molecule has 0 radical (unpaired) electrons. The Morgan fingerprint density at radius 3 is 2.39 bits per heavy atom. The summed E-state index contributed by atoms with van der Waals surface area (Å²) in [5.41, 5.74) is 1.32. The Labute approximate surface area is 161 Å². The summed E-state index contributed by atoms with van der Waals surface area (Å²) in [6.45, 7) is 4.72. The molecule has 1 aromatic carbocycles. The number of carboxylic acids is 1. The first-order valence-corrected chi connectivity index (χ1v) is 8.07. The molecule has 0 aromatic heterocycles. The molecule has 1 aromatic rings. The minimum Gasteiger partial charge on any atom is -0.548 e. The number of benzene rings is 1. The smallest absolute Gasteiger partial charge is 0.548 e. The van der Waals surface area contributed by atoms with Crippen molar-refractivity contribution in [2.24, 2.45) is 5.92 Å². The summed E-state index contributed by atoms with van der Waals surface area (Å²) in [7, 11) is 0. The summed E-state index contributed by atoms with van der Waals surface area (Å²) < 4.78 is 10.3. The fourth-order valence-electron chi connectivity index (χ4n) is 2.18. The number of carbonyl (C=O) groups is 1. The Hall–Kier alpha value is -0.550. The van der Waals surface area contributed by atoms with Gasteiger partial charge in [-0.1, -0.05) is 45.2 Å². The number of aliphatic carboxylic acids is 1. The van der Waals surface area contributed by atoms with Crippen molar-refractivity contribution in [2.45, 2.75) is 46.0 Å². The summed E-state index contributed by atoms with van der Waals surface area (Å²) in [5.74, 6) is 0.366. The largest absolute Gasteiger partial charge is 1.00 e. The van der Waals surface area contributed by atoms with Gasteiger partial charge in [-0.15, -0.1) is 0 Å². The van der Waals surface area contributed by atoms with Crippen LogP contribution in [0, 0.1) is 5.92 Å². The molecule has 0 heterocycles. The van der Waals surface area contributed by atoms with Gasteiger partial charge in [-0.3, -0.25) is 0 Å². The molecule has 0 saturated heterocycles. The van der Waals surface area contributed by atoms with Crippen molar-refractivity contribution in [1.29, 1.82) is 0 Å². The molecule has 0 unspecified atom stereocenters. The summed E-state index contributed by atoms with van der Waals surface area (Å²) >= 11 is 0. The van der Waals surface area contributed by atoms with Crippen LogP contribution in [-0.2, 0) is 16.0 Å². The molecule has 0 aliphatic rings. The quantitative estimate of drug-likeness (QED) is 0.386. The van der Waals surface area contributed by atoms with Crippen LogP contribution in [0.1, 0.15) is 45.1 Å². The third-order valence-corrected chi connectivity index (χ3v) is 3.39. The fraction of sp³-hybridized carbons (Fsp3) is 0.611. The number of aryl methyl sites for hydroxylation is 1. The van der Waals surface area contributed by atoms with Crippen LogP contribution in [0.15, 0.2) is 24.3 Å². The second-order valence-electron chi connectivity index (χ2n) is 5.91. The second-order valence-corrected chi connectivity index (χ2v) is 5.91. The standard InChI is InChI=1S/C18H28O4.Na/c1-15(2)6-4-3-5-7-16-8-10-17(11-9-16)22-13-12-21-14-18(19)20;/h8-11,15H,3-7,12-14H2,1-2H3,(H,19,20);/q;+1/p-1. The Balaban J connectivity index is 0.00000484. The number of carboxylic acid groups (broad SMARTS) is 1. The molecule has 0 atom stereocenters. The average molecular weight is 330 g/mol. The van der Waals surface area contributed by atoms with E-state index in [4.69, 9.17) is 9.47 Å². The summed E-state index contributed by atoms with van der Waals surface area (Å²) in [6.07, 6.45) is 6.24. The molecule has 1 rings (SSSR count). The second kappa shape index (κ2) is 13.8. The molecule has 124 valence electrons. The molecule has 4 nitrogen and oxygen atoms in total. The molecule has 0 aliphatic carbocycles. The van der Waals surface area contributed by atoms with E-state index in [2.05, 4.69) is 26.0 Å². The van der Waals surface area contributed by atoms with Crippen molar-refractivity contribution in [3.8, 4) is 5.75 Å². The van der Waals surface area contributed by atoms with Gasteiger partial charge in [0.1, 0.15) is 12.4 Å². The van der Waals surface area contributed by atoms with Gasteiger partial charge >= 0.3 is 29.6 Å². The number of unbranched alkanes of at least 4 members (excludes halogenated alkanes) is 2. The summed E-state index contributed by atoms with van der Waals surface area (Å²) in [5, 5.41) is 10.2. The third kappa shape index (κ3) is 12.5. The first-order valence-electron chi connectivity index (χ1n) is 8.07. The van der Waals surface area contributed by atoms with E-state index >= 15 is 0 Å². The van der Waals surface area contributed by atoms with Gasteiger partial charge in [0.25, 0.3) is 0 Å². The van der Waals surface area contributed by atoms with Crippen molar-refractivity contribution >= 4 is 5.97 Å². The number of hydrogen-bond donors (Lipinski definition) is 0. The van der Waals surface area contributed by atoms with Crippen LogP contribution in [0.3, 0.4) is 0 Å². The predicted molar refractivity (Wildman–Crippen MR) is 84.8 cm³/mol. The van der Waals surface area contributed by atoms with Gasteiger partial charge in [-0.05, 0) is 36.5 Å². The molecule has 0 bridgehead atoms. The van der Waals surface area contributed by atoms with Crippen molar-refractivity contribution in [3.63, 3.8) is 0 Å². The molecule has 0 aliphatic heterocycles. The molecule has 0 saturated carbocycles. The van der Waals surface area contributed by atoms with Crippen LogP contribution in [0.4, 0.5) is 0 Å². The Kier molecular flexibility index (Phi) is 13.5. The molecule has 23 heavy (non-hydrogen) atoms. The number of carbonyl (C=O) groups excluding carboxylic acids is 1. The van der Waals surface area contributed by atoms with Gasteiger partial charge < -0.3 is 19.4 Å². The van der Waals surface area contributed by atoms with Crippen molar-refractivity contribution in [1.82, 2.24) is 0 Å². The zero-order valence-electron chi connectivity index (χ0n) is 14.7. The first kappa shape index (κ1) is 22.4.